The van der Waals surface area contributed by atoms with Gasteiger partial charge in [0.05, 0.1) is 17.6 Å². The minimum atomic E-state index is -0.870. The Labute approximate surface area is 188 Å². The Morgan fingerprint density at radius 1 is 1.13 bits per heavy atom. The zero-order valence-corrected chi connectivity index (χ0v) is 18.7. The van der Waals surface area contributed by atoms with Crippen molar-refractivity contribution in [2.45, 2.75) is 25.7 Å². The van der Waals surface area contributed by atoms with Crippen molar-refractivity contribution in [3.63, 3.8) is 0 Å². The molecule has 7 nitrogen and oxygen atoms in total. The highest BCUT2D eigenvalue weighted by molar-refractivity contribution is 7.99. The molecule has 3 rings (SSSR count). The van der Waals surface area contributed by atoms with Gasteiger partial charge in [0.15, 0.2) is 5.13 Å². The zero-order valence-electron chi connectivity index (χ0n) is 17.0. The molecule has 0 aliphatic heterocycles. The zero-order chi connectivity index (χ0) is 22.2. The minimum absolute atomic E-state index is 0.00601. The molecular formula is C22H22N2O5S2. The SMILES string of the molecule is CC(C)Oc1cc(Oc2ccccc2)cc(C(=O)Nc2nc(CSCC(=O)O)cs2)c1. The van der Waals surface area contributed by atoms with Crippen molar-refractivity contribution in [1.82, 2.24) is 4.98 Å². The third-order valence-corrected chi connectivity index (χ3v) is 5.50. The van der Waals surface area contributed by atoms with Crippen LogP contribution in [0.5, 0.6) is 17.2 Å². The number of rotatable bonds is 10. The average molecular weight is 459 g/mol. The van der Waals surface area contributed by atoms with E-state index < -0.39 is 5.97 Å². The molecule has 9 heteroatoms. The predicted molar refractivity (Wildman–Crippen MR) is 123 cm³/mol. The fraction of sp³-hybridized carbons (Fsp3) is 0.227. The summed E-state index contributed by atoms with van der Waals surface area (Å²) in [6.07, 6.45) is -0.0623. The second kappa shape index (κ2) is 10.8. The highest BCUT2D eigenvalue weighted by Crippen LogP contribution is 2.29. The number of hydrogen-bond donors (Lipinski definition) is 2. The van der Waals surface area contributed by atoms with E-state index in [2.05, 4.69) is 10.3 Å². The summed E-state index contributed by atoms with van der Waals surface area (Å²) in [6.45, 7) is 3.81. The maximum absolute atomic E-state index is 12.8. The van der Waals surface area contributed by atoms with Crippen molar-refractivity contribution in [3.8, 4) is 17.2 Å². The molecule has 3 aromatic rings. The van der Waals surface area contributed by atoms with E-state index in [0.717, 1.165) is 5.69 Å². The van der Waals surface area contributed by atoms with Crippen LogP contribution in [0.15, 0.2) is 53.9 Å². The Hall–Kier alpha value is -3.04. The van der Waals surface area contributed by atoms with Gasteiger partial charge in [-0.3, -0.25) is 14.9 Å². The lowest BCUT2D eigenvalue weighted by Gasteiger charge is -2.14. The predicted octanol–water partition coefficient (Wildman–Crippen LogP) is 5.29. The third kappa shape index (κ3) is 7.30. The van der Waals surface area contributed by atoms with Gasteiger partial charge < -0.3 is 14.6 Å². The largest absolute Gasteiger partial charge is 0.491 e. The van der Waals surface area contributed by atoms with E-state index in [1.165, 1.54) is 23.1 Å². The lowest BCUT2D eigenvalue weighted by molar-refractivity contribution is -0.133. The maximum atomic E-state index is 12.8. The van der Waals surface area contributed by atoms with Crippen LogP contribution in [0.25, 0.3) is 0 Å². The normalized spacial score (nSPS) is 10.7. The van der Waals surface area contributed by atoms with Crippen molar-refractivity contribution >= 4 is 40.1 Å². The lowest BCUT2D eigenvalue weighted by atomic mass is 10.2. The number of carbonyl (C=O) groups excluding carboxylic acids is 1. The fourth-order valence-corrected chi connectivity index (χ4v) is 4.01. The van der Waals surface area contributed by atoms with Gasteiger partial charge in [-0.05, 0) is 38.1 Å². The van der Waals surface area contributed by atoms with Crippen LogP contribution in [0.2, 0.25) is 0 Å². The second-order valence-corrected chi connectivity index (χ2v) is 8.60. The first-order chi connectivity index (χ1) is 14.9. The summed E-state index contributed by atoms with van der Waals surface area (Å²) in [5, 5.41) is 13.7. The van der Waals surface area contributed by atoms with E-state index in [1.54, 1.807) is 23.6 Å². The number of thiazole rings is 1. The van der Waals surface area contributed by atoms with E-state index in [0.29, 0.717) is 33.7 Å². The molecule has 2 N–H and O–H groups in total. The quantitative estimate of drug-likeness (QED) is 0.426. The smallest absolute Gasteiger partial charge is 0.313 e. The number of anilines is 1. The van der Waals surface area contributed by atoms with Crippen molar-refractivity contribution < 1.29 is 24.2 Å². The molecule has 0 bridgehead atoms. The Kier molecular flexibility index (Phi) is 7.91. The van der Waals surface area contributed by atoms with Crippen molar-refractivity contribution in [1.29, 1.82) is 0 Å². The molecule has 1 heterocycles. The molecule has 1 aromatic heterocycles. The lowest BCUT2D eigenvalue weighted by Crippen LogP contribution is -2.13. The maximum Gasteiger partial charge on any atom is 0.313 e. The molecule has 0 radical (unpaired) electrons. The number of nitrogens with zero attached hydrogens (tertiary/aromatic N) is 1. The highest BCUT2D eigenvalue weighted by Gasteiger charge is 2.14. The first kappa shape index (κ1) is 22.6. The first-order valence-corrected chi connectivity index (χ1v) is 11.5. The number of thioether (sulfide) groups is 1. The first-order valence-electron chi connectivity index (χ1n) is 9.49. The van der Waals surface area contributed by atoms with E-state index >= 15 is 0 Å². The van der Waals surface area contributed by atoms with Crippen molar-refractivity contribution in [2.75, 3.05) is 11.1 Å². The van der Waals surface area contributed by atoms with Crippen LogP contribution in [0.4, 0.5) is 5.13 Å². The molecule has 31 heavy (non-hydrogen) atoms. The Bertz CT molecular complexity index is 1040. The van der Waals surface area contributed by atoms with Crippen LogP contribution >= 0.6 is 23.1 Å². The summed E-state index contributed by atoms with van der Waals surface area (Å²) >= 11 is 2.54. The molecule has 2 aromatic carbocycles. The van der Waals surface area contributed by atoms with Crippen LogP contribution in [0.3, 0.4) is 0 Å². The van der Waals surface area contributed by atoms with Crippen LogP contribution in [0, 0.1) is 0 Å². The molecule has 0 aliphatic rings. The Balaban J connectivity index is 1.74. The van der Waals surface area contributed by atoms with Gasteiger partial charge >= 0.3 is 5.97 Å². The Morgan fingerprint density at radius 2 is 1.87 bits per heavy atom. The number of carboxylic acids is 1. The Morgan fingerprint density at radius 3 is 2.58 bits per heavy atom. The van der Waals surface area contributed by atoms with Gasteiger partial charge in [-0.2, -0.15) is 0 Å². The van der Waals surface area contributed by atoms with Crippen LogP contribution in [0.1, 0.15) is 29.9 Å². The molecule has 0 spiro atoms. The number of carboxylic acid groups (broad SMARTS) is 1. The molecule has 0 atom stereocenters. The number of hydrogen-bond acceptors (Lipinski definition) is 7. The number of carbonyl (C=O) groups is 2. The summed E-state index contributed by atoms with van der Waals surface area (Å²) < 4.78 is 11.7. The molecule has 0 saturated heterocycles. The molecule has 0 saturated carbocycles. The molecule has 1 amide bonds. The number of amides is 1. The fourth-order valence-electron chi connectivity index (χ4n) is 2.57. The van der Waals surface area contributed by atoms with Crippen molar-refractivity contribution in [3.05, 3.63) is 65.2 Å². The molecular weight excluding hydrogens is 436 g/mol. The van der Waals surface area contributed by atoms with E-state index in [9.17, 15) is 9.59 Å². The summed E-state index contributed by atoms with van der Waals surface area (Å²) in [5.74, 6) is 0.922. The van der Waals surface area contributed by atoms with Gasteiger partial charge in [0, 0.05) is 22.8 Å². The molecule has 162 valence electrons. The summed E-state index contributed by atoms with van der Waals surface area (Å²) in [7, 11) is 0. The topological polar surface area (TPSA) is 97.8 Å². The third-order valence-electron chi connectivity index (χ3n) is 3.74. The second-order valence-electron chi connectivity index (χ2n) is 6.76. The number of ether oxygens (including phenoxy) is 2. The van der Waals surface area contributed by atoms with Gasteiger partial charge in [0.1, 0.15) is 17.2 Å². The summed E-state index contributed by atoms with van der Waals surface area (Å²) in [4.78, 5) is 27.8. The molecule has 0 unspecified atom stereocenters. The molecule has 0 fully saturated rings. The summed E-state index contributed by atoms with van der Waals surface area (Å²) in [6, 6.07) is 14.3. The van der Waals surface area contributed by atoms with Gasteiger partial charge in [-0.1, -0.05) is 18.2 Å². The standard InChI is InChI=1S/C22H22N2O5S2/c1-14(2)28-18-8-15(9-19(10-18)29-17-6-4-3-5-7-17)21(27)24-22-23-16(12-31-22)11-30-13-20(25)26/h3-10,12,14H,11,13H2,1-2H3,(H,25,26)(H,23,24,27). The summed E-state index contributed by atoms with van der Waals surface area (Å²) in [5.41, 5.74) is 1.10. The van der Waals surface area contributed by atoms with E-state index in [-0.39, 0.29) is 17.8 Å². The van der Waals surface area contributed by atoms with Gasteiger partial charge in [-0.25, -0.2) is 4.98 Å². The highest BCUT2D eigenvalue weighted by atomic mass is 32.2. The minimum Gasteiger partial charge on any atom is -0.491 e. The van der Waals surface area contributed by atoms with Gasteiger partial charge in [0.2, 0.25) is 0 Å². The van der Waals surface area contributed by atoms with E-state index in [4.69, 9.17) is 14.6 Å². The van der Waals surface area contributed by atoms with E-state index in [1.807, 2.05) is 44.2 Å². The van der Waals surface area contributed by atoms with Crippen molar-refractivity contribution in [2.24, 2.45) is 0 Å². The number of aliphatic carboxylic acids is 1. The van der Waals surface area contributed by atoms with Crippen LogP contribution < -0.4 is 14.8 Å². The molecule has 0 aliphatic carbocycles. The number of para-hydroxylation sites is 1. The number of aromatic nitrogens is 1. The van der Waals surface area contributed by atoms with Gasteiger partial charge in [-0.15, -0.1) is 23.1 Å². The average Bonchev–Trinajstić information content (AvgIpc) is 3.15. The van der Waals surface area contributed by atoms with Crippen LogP contribution in [-0.4, -0.2) is 33.8 Å². The number of nitrogens with one attached hydrogen (secondary N) is 1. The van der Waals surface area contributed by atoms with Gasteiger partial charge in [0.25, 0.3) is 5.91 Å². The number of benzene rings is 2. The van der Waals surface area contributed by atoms with Crippen LogP contribution in [-0.2, 0) is 10.5 Å². The monoisotopic (exact) mass is 458 g/mol.